The van der Waals surface area contributed by atoms with Gasteiger partial charge in [-0.3, -0.25) is 9.59 Å². The van der Waals surface area contributed by atoms with Gasteiger partial charge in [-0.15, -0.1) is 0 Å². The first-order valence-corrected chi connectivity index (χ1v) is 6.82. The summed E-state index contributed by atoms with van der Waals surface area (Å²) >= 11 is 0. The van der Waals surface area contributed by atoms with E-state index in [9.17, 15) is 9.59 Å². The van der Waals surface area contributed by atoms with Gasteiger partial charge < -0.3 is 19.9 Å². The molecule has 6 nitrogen and oxygen atoms in total. The first kappa shape index (κ1) is 17.0. The van der Waals surface area contributed by atoms with Gasteiger partial charge in [-0.2, -0.15) is 0 Å². The van der Waals surface area contributed by atoms with Gasteiger partial charge in [-0.05, 0) is 30.7 Å². The van der Waals surface area contributed by atoms with E-state index in [2.05, 4.69) is 5.32 Å². The molecule has 1 unspecified atom stereocenters. The van der Waals surface area contributed by atoms with Crippen LogP contribution in [-0.2, 0) is 9.53 Å². The number of benzene rings is 1. The van der Waals surface area contributed by atoms with Crippen LogP contribution in [0.3, 0.4) is 0 Å². The normalized spacial score (nSPS) is 11.7. The van der Waals surface area contributed by atoms with Gasteiger partial charge in [0.25, 0.3) is 5.91 Å². The van der Waals surface area contributed by atoms with Gasteiger partial charge in [0.2, 0.25) is 0 Å². The number of carboxylic acids is 1. The summed E-state index contributed by atoms with van der Waals surface area (Å²) in [7, 11) is 1.42. The van der Waals surface area contributed by atoms with Crippen molar-refractivity contribution in [3.63, 3.8) is 0 Å². The number of ether oxygens (including phenoxy) is 2. The van der Waals surface area contributed by atoms with Crippen molar-refractivity contribution in [1.29, 1.82) is 0 Å². The zero-order chi connectivity index (χ0) is 15.7. The van der Waals surface area contributed by atoms with E-state index in [-0.39, 0.29) is 18.9 Å². The number of carbonyl (C=O) groups excluding carboxylic acids is 1. The number of hydrogen-bond donors (Lipinski definition) is 2. The molecule has 1 atom stereocenters. The third kappa shape index (κ3) is 6.27. The minimum atomic E-state index is -0.964. The summed E-state index contributed by atoms with van der Waals surface area (Å²) in [5, 5.41) is 11.3. The summed E-state index contributed by atoms with van der Waals surface area (Å²) in [4.78, 5) is 22.5. The van der Waals surface area contributed by atoms with Gasteiger partial charge >= 0.3 is 5.97 Å². The second kappa shape index (κ2) is 8.97. The average Bonchev–Trinajstić information content (AvgIpc) is 2.49. The molecule has 2 N–H and O–H groups in total. The van der Waals surface area contributed by atoms with Crippen LogP contribution in [0.1, 0.15) is 30.1 Å². The van der Waals surface area contributed by atoms with Crippen LogP contribution < -0.4 is 10.1 Å². The molecule has 0 bridgehead atoms. The van der Waals surface area contributed by atoms with Gasteiger partial charge in [0, 0.05) is 19.2 Å². The van der Waals surface area contributed by atoms with Crippen molar-refractivity contribution in [2.24, 2.45) is 0 Å². The van der Waals surface area contributed by atoms with Crippen molar-refractivity contribution in [3.05, 3.63) is 29.8 Å². The molecule has 0 aromatic heterocycles. The third-order valence-corrected chi connectivity index (χ3v) is 2.82. The molecule has 0 spiro atoms. The lowest BCUT2D eigenvalue weighted by atomic mass is 10.2. The molecule has 0 saturated carbocycles. The molecule has 0 aliphatic carbocycles. The van der Waals surface area contributed by atoms with Crippen LogP contribution in [0, 0.1) is 0 Å². The predicted molar refractivity (Wildman–Crippen MR) is 77.6 cm³/mol. The molecule has 0 radical (unpaired) electrons. The van der Waals surface area contributed by atoms with E-state index < -0.39 is 12.1 Å². The van der Waals surface area contributed by atoms with Gasteiger partial charge in [-0.25, -0.2) is 0 Å². The molecule has 0 aliphatic rings. The number of carbonyl (C=O) groups is 2. The molecular weight excluding hydrogens is 274 g/mol. The Balaban J connectivity index is 2.49. The number of hydrogen-bond acceptors (Lipinski definition) is 4. The maximum Gasteiger partial charge on any atom is 0.306 e. The number of rotatable bonds is 9. The molecule has 0 heterocycles. The highest BCUT2D eigenvalue weighted by molar-refractivity contribution is 5.94. The molecule has 21 heavy (non-hydrogen) atoms. The Bertz CT molecular complexity index is 458. The lowest BCUT2D eigenvalue weighted by molar-refractivity contribution is -0.139. The van der Waals surface area contributed by atoms with E-state index in [1.807, 2.05) is 6.92 Å². The van der Waals surface area contributed by atoms with Crippen LogP contribution in [-0.4, -0.2) is 43.3 Å². The molecule has 1 rings (SSSR count). The molecule has 1 amide bonds. The Morgan fingerprint density at radius 2 is 1.95 bits per heavy atom. The molecule has 6 heteroatoms. The first-order chi connectivity index (χ1) is 10.1. The second-order valence-electron chi connectivity index (χ2n) is 4.54. The van der Waals surface area contributed by atoms with Gasteiger partial charge in [-0.1, -0.05) is 6.92 Å². The first-order valence-electron chi connectivity index (χ1n) is 6.82. The lowest BCUT2D eigenvalue weighted by Crippen LogP contribution is -2.34. The molecule has 116 valence electrons. The molecule has 0 fully saturated rings. The van der Waals surface area contributed by atoms with Crippen molar-refractivity contribution >= 4 is 11.9 Å². The van der Waals surface area contributed by atoms with Crippen molar-refractivity contribution in [1.82, 2.24) is 5.32 Å². The van der Waals surface area contributed by atoms with Crippen LogP contribution in [0.25, 0.3) is 0 Å². The molecule has 1 aromatic rings. The maximum absolute atomic E-state index is 11.9. The van der Waals surface area contributed by atoms with E-state index in [4.69, 9.17) is 14.6 Å². The predicted octanol–water partition coefficient (Wildman–Crippen LogP) is 1.69. The maximum atomic E-state index is 11.9. The standard InChI is InChI=1S/C15H21NO5/c1-3-8-21-12-6-4-11(5-7-12)15(19)16-10-13(20-2)9-14(17)18/h4-7,13H,3,8-10H2,1-2H3,(H,16,19)(H,17,18). The number of amides is 1. The van der Waals surface area contributed by atoms with E-state index in [0.717, 1.165) is 6.42 Å². The Kier molecular flexibility index (Phi) is 7.25. The Morgan fingerprint density at radius 1 is 1.29 bits per heavy atom. The Hall–Kier alpha value is -2.08. The summed E-state index contributed by atoms with van der Waals surface area (Å²) in [6.07, 6.45) is 0.226. The summed E-state index contributed by atoms with van der Waals surface area (Å²) in [6, 6.07) is 6.80. The zero-order valence-electron chi connectivity index (χ0n) is 12.3. The quantitative estimate of drug-likeness (QED) is 0.724. The number of methoxy groups -OCH3 is 1. The monoisotopic (exact) mass is 295 g/mol. The second-order valence-corrected chi connectivity index (χ2v) is 4.54. The van der Waals surface area contributed by atoms with Crippen molar-refractivity contribution in [2.45, 2.75) is 25.9 Å². The highest BCUT2D eigenvalue weighted by atomic mass is 16.5. The molecule has 0 saturated heterocycles. The fraction of sp³-hybridized carbons (Fsp3) is 0.467. The molecular formula is C15H21NO5. The summed E-state index contributed by atoms with van der Waals surface area (Å²) in [5.41, 5.74) is 0.490. The largest absolute Gasteiger partial charge is 0.494 e. The van der Waals surface area contributed by atoms with Gasteiger partial charge in [0.15, 0.2) is 0 Å². The summed E-state index contributed by atoms with van der Waals surface area (Å²) in [5.74, 6) is -0.521. The highest BCUT2D eigenvalue weighted by Gasteiger charge is 2.14. The molecule has 0 aliphatic heterocycles. The van der Waals surface area contributed by atoms with E-state index in [1.54, 1.807) is 24.3 Å². The fourth-order valence-corrected chi connectivity index (χ4v) is 1.66. The third-order valence-electron chi connectivity index (χ3n) is 2.82. The van der Waals surface area contributed by atoms with E-state index >= 15 is 0 Å². The van der Waals surface area contributed by atoms with Gasteiger partial charge in [0.1, 0.15) is 5.75 Å². The van der Waals surface area contributed by atoms with Crippen LogP contribution in [0.4, 0.5) is 0 Å². The van der Waals surface area contributed by atoms with Crippen LogP contribution in [0.5, 0.6) is 5.75 Å². The number of carboxylic acid groups (broad SMARTS) is 1. The van der Waals surface area contributed by atoms with E-state index in [1.165, 1.54) is 7.11 Å². The zero-order valence-corrected chi connectivity index (χ0v) is 12.3. The lowest BCUT2D eigenvalue weighted by Gasteiger charge is -2.14. The van der Waals surface area contributed by atoms with Crippen LogP contribution in [0.2, 0.25) is 0 Å². The summed E-state index contributed by atoms with van der Waals surface area (Å²) < 4.78 is 10.4. The smallest absolute Gasteiger partial charge is 0.306 e. The fourth-order valence-electron chi connectivity index (χ4n) is 1.66. The molecule has 1 aromatic carbocycles. The van der Waals surface area contributed by atoms with Crippen molar-refractivity contribution in [3.8, 4) is 5.75 Å². The topological polar surface area (TPSA) is 84.9 Å². The highest BCUT2D eigenvalue weighted by Crippen LogP contribution is 2.12. The number of aliphatic carboxylic acids is 1. The van der Waals surface area contributed by atoms with Crippen molar-refractivity contribution < 1.29 is 24.2 Å². The average molecular weight is 295 g/mol. The summed E-state index contributed by atoms with van der Waals surface area (Å²) in [6.45, 7) is 2.80. The van der Waals surface area contributed by atoms with E-state index in [0.29, 0.717) is 17.9 Å². The van der Waals surface area contributed by atoms with Gasteiger partial charge in [0.05, 0.1) is 19.1 Å². The Labute approximate surface area is 124 Å². The Morgan fingerprint density at radius 3 is 2.48 bits per heavy atom. The number of nitrogens with one attached hydrogen (secondary N) is 1. The van der Waals surface area contributed by atoms with Crippen LogP contribution >= 0.6 is 0 Å². The SMILES string of the molecule is CCCOc1ccc(C(=O)NCC(CC(=O)O)OC)cc1. The van der Waals surface area contributed by atoms with Crippen molar-refractivity contribution in [2.75, 3.05) is 20.3 Å². The minimum absolute atomic E-state index is 0.149. The minimum Gasteiger partial charge on any atom is -0.494 e. The van der Waals surface area contributed by atoms with Crippen LogP contribution in [0.15, 0.2) is 24.3 Å².